The average Bonchev–Trinajstić information content (AvgIpc) is 2.47. The first-order chi connectivity index (χ1) is 9.61. The van der Waals surface area contributed by atoms with Gasteiger partial charge in [0.2, 0.25) is 0 Å². The fourth-order valence-electron chi connectivity index (χ4n) is 1.89. The third-order valence-corrected chi connectivity index (χ3v) is 3.01. The van der Waals surface area contributed by atoms with E-state index in [4.69, 9.17) is 10.5 Å². The van der Waals surface area contributed by atoms with Crippen molar-refractivity contribution in [3.8, 4) is 11.5 Å². The van der Waals surface area contributed by atoms with E-state index in [1.54, 1.807) is 12.1 Å². The van der Waals surface area contributed by atoms with E-state index in [0.717, 1.165) is 12.0 Å². The van der Waals surface area contributed by atoms with E-state index < -0.39 is 4.92 Å². The second-order valence-corrected chi connectivity index (χ2v) is 4.41. The Morgan fingerprint density at radius 3 is 2.70 bits per heavy atom. The SMILES string of the molecule is CCC(N)c1ccccc1Oc1cccc([N+](=O)[O-])c1. The van der Waals surface area contributed by atoms with Crippen molar-refractivity contribution in [3.63, 3.8) is 0 Å². The zero-order chi connectivity index (χ0) is 14.5. The summed E-state index contributed by atoms with van der Waals surface area (Å²) in [6, 6.07) is 13.4. The van der Waals surface area contributed by atoms with Gasteiger partial charge >= 0.3 is 0 Å². The standard InChI is InChI=1S/C15H16N2O3/c1-2-14(16)13-8-3-4-9-15(13)20-12-7-5-6-11(10-12)17(18)19/h3-10,14H,2,16H2,1H3. The Labute approximate surface area is 117 Å². The van der Waals surface area contributed by atoms with Gasteiger partial charge in [0.1, 0.15) is 11.5 Å². The Balaban J connectivity index is 2.30. The number of rotatable bonds is 5. The highest BCUT2D eigenvalue weighted by molar-refractivity contribution is 5.43. The average molecular weight is 272 g/mol. The second-order valence-electron chi connectivity index (χ2n) is 4.41. The number of para-hydroxylation sites is 1. The molecule has 1 unspecified atom stereocenters. The largest absolute Gasteiger partial charge is 0.457 e. The van der Waals surface area contributed by atoms with Crippen molar-refractivity contribution in [2.24, 2.45) is 5.73 Å². The number of ether oxygens (including phenoxy) is 1. The van der Waals surface area contributed by atoms with Gasteiger partial charge in [-0.1, -0.05) is 31.2 Å². The van der Waals surface area contributed by atoms with Gasteiger partial charge in [-0.05, 0) is 18.6 Å². The molecule has 2 N–H and O–H groups in total. The lowest BCUT2D eigenvalue weighted by Crippen LogP contribution is -2.09. The summed E-state index contributed by atoms with van der Waals surface area (Å²) < 4.78 is 5.74. The zero-order valence-electron chi connectivity index (χ0n) is 11.2. The first-order valence-electron chi connectivity index (χ1n) is 6.38. The van der Waals surface area contributed by atoms with Crippen LogP contribution >= 0.6 is 0 Å². The normalized spacial score (nSPS) is 11.9. The number of nitrogens with two attached hydrogens (primary N) is 1. The molecule has 0 amide bonds. The molecule has 0 radical (unpaired) electrons. The van der Waals surface area contributed by atoms with E-state index in [-0.39, 0.29) is 11.7 Å². The molecule has 2 aromatic carbocycles. The zero-order valence-corrected chi connectivity index (χ0v) is 11.2. The van der Waals surface area contributed by atoms with E-state index in [9.17, 15) is 10.1 Å². The Hall–Kier alpha value is -2.40. The quantitative estimate of drug-likeness (QED) is 0.663. The van der Waals surface area contributed by atoms with Gasteiger partial charge in [0, 0.05) is 17.7 Å². The Morgan fingerprint density at radius 1 is 1.25 bits per heavy atom. The predicted octanol–water partition coefficient (Wildman–Crippen LogP) is 3.80. The molecule has 0 fully saturated rings. The molecule has 0 aliphatic rings. The van der Waals surface area contributed by atoms with Crippen LogP contribution in [0.1, 0.15) is 24.9 Å². The van der Waals surface area contributed by atoms with Crippen LogP contribution in [0.2, 0.25) is 0 Å². The predicted molar refractivity (Wildman–Crippen MR) is 76.8 cm³/mol. The van der Waals surface area contributed by atoms with E-state index in [0.29, 0.717) is 11.5 Å². The molecule has 5 nitrogen and oxygen atoms in total. The molecule has 20 heavy (non-hydrogen) atoms. The highest BCUT2D eigenvalue weighted by Gasteiger charge is 2.12. The summed E-state index contributed by atoms with van der Waals surface area (Å²) in [6.07, 6.45) is 0.787. The summed E-state index contributed by atoms with van der Waals surface area (Å²) in [6.45, 7) is 1.99. The van der Waals surface area contributed by atoms with Crippen LogP contribution in [0.25, 0.3) is 0 Å². The van der Waals surface area contributed by atoms with Crippen molar-refractivity contribution in [3.05, 3.63) is 64.2 Å². The molecule has 0 saturated carbocycles. The van der Waals surface area contributed by atoms with Crippen molar-refractivity contribution in [2.45, 2.75) is 19.4 Å². The first kappa shape index (κ1) is 14.0. The molecule has 0 spiro atoms. The number of nitrogens with zero attached hydrogens (tertiary/aromatic N) is 1. The van der Waals surface area contributed by atoms with E-state index in [1.807, 2.05) is 31.2 Å². The number of nitro benzene ring substituents is 1. The van der Waals surface area contributed by atoms with Crippen LogP contribution in [0, 0.1) is 10.1 Å². The monoisotopic (exact) mass is 272 g/mol. The molecule has 0 aliphatic heterocycles. The molecule has 0 bridgehead atoms. The van der Waals surface area contributed by atoms with Crippen molar-refractivity contribution >= 4 is 5.69 Å². The minimum atomic E-state index is -0.448. The van der Waals surface area contributed by atoms with Gasteiger partial charge in [0.25, 0.3) is 5.69 Å². The lowest BCUT2D eigenvalue weighted by molar-refractivity contribution is -0.384. The summed E-state index contributed by atoms with van der Waals surface area (Å²) in [7, 11) is 0. The van der Waals surface area contributed by atoms with Crippen LogP contribution in [0.3, 0.4) is 0 Å². The van der Waals surface area contributed by atoms with Crippen LogP contribution in [0.4, 0.5) is 5.69 Å². The maximum absolute atomic E-state index is 10.8. The maximum atomic E-state index is 10.8. The first-order valence-corrected chi connectivity index (χ1v) is 6.38. The highest BCUT2D eigenvalue weighted by atomic mass is 16.6. The Kier molecular flexibility index (Phi) is 4.32. The summed E-state index contributed by atoms with van der Waals surface area (Å²) in [5.74, 6) is 1.05. The van der Waals surface area contributed by atoms with Gasteiger partial charge in [0.15, 0.2) is 0 Å². The van der Waals surface area contributed by atoms with E-state index >= 15 is 0 Å². The lowest BCUT2D eigenvalue weighted by Gasteiger charge is -2.15. The fourth-order valence-corrected chi connectivity index (χ4v) is 1.89. The number of hydrogen-bond donors (Lipinski definition) is 1. The minimum Gasteiger partial charge on any atom is -0.457 e. The lowest BCUT2D eigenvalue weighted by atomic mass is 10.0. The topological polar surface area (TPSA) is 78.4 Å². The molecular formula is C15H16N2O3. The second kappa shape index (κ2) is 6.16. The van der Waals surface area contributed by atoms with Crippen LogP contribution in [0.5, 0.6) is 11.5 Å². The summed E-state index contributed by atoms with van der Waals surface area (Å²) in [5.41, 5.74) is 6.93. The molecule has 2 aromatic rings. The van der Waals surface area contributed by atoms with Crippen LogP contribution in [-0.2, 0) is 0 Å². The van der Waals surface area contributed by atoms with Crippen molar-refractivity contribution in [1.29, 1.82) is 0 Å². The van der Waals surface area contributed by atoms with E-state index in [2.05, 4.69) is 0 Å². The molecule has 104 valence electrons. The smallest absolute Gasteiger partial charge is 0.273 e. The van der Waals surface area contributed by atoms with Crippen LogP contribution in [-0.4, -0.2) is 4.92 Å². The van der Waals surface area contributed by atoms with Gasteiger partial charge in [-0.2, -0.15) is 0 Å². The highest BCUT2D eigenvalue weighted by Crippen LogP contribution is 2.31. The Bertz CT molecular complexity index is 614. The molecule has 0 saturated heterocycles. The Morgan fingerprint density at radius 2 is 2.00 bits per heavy atom. The molecular weight excluding hydrogens is 256 g/mol. The third-order valence-electron chi connectivity index (χ3n) is 3.01. The molecule has 0 aromatic heterocycles. The number of hydrogen-bond acceptors (Lipinski definition) is 4. The molecule has 1 atom stereocenters. The van der Waals surface area contributed by atoms with Crippen molar-refractivity contribution in [1.82, 2.24) is 0 Å². The van der Waals surface area contributed by atoms with Gasteiger partial charge in [0.05, 0.1) is 11.0 Å². The van der Waals surface area contributed by atoms with Gasteiger partial charge in [-0.25, -0.2) is 0 Å². The van der Waals surface area contributed by atoms with Crippen LogP contribution < -0.4 is 10.5 Å². The third kappa shape index (κ3) is 3.13. The fraction of sp³-hybridized carbons (Fsp3) is 0.200. The molecule has 5 heteroatoms. The number of benzene rings is 2. The summed E-state index contributed by atoms with van der Waals surface area (Å²) in [5, 5.41) is 10.8. The van der Waals surface area contributed by atoms with Crippen molar-refractivity contribution in [2.75, 3.05) is 0 Å². The minimum absolute atomic E-state index is 0.000212. The van der Waals surface area contributed by atoms with Gasteiger partial charge < -0.3 is 10.5 Å². The molecule has 0 aliphatic carbocycles. The molecule has 0 heterocycles. The van der Waals surface area contributed by atoms with Gasteiger partial charge in [-0.15, -0.1) is 0 Å². The maximum Gasteiger partial charge on any atom is 0.273 e. The molecule has 2 rings (SSSR count). The van der Waals surface area contributed by atoms with Crippen LogP contribution in [0.15, 0.2) is 48.5 Å². The van der Waals surface area contributed by atoms with Gasteiger partial charge in [-0.3, -0.25) is 10.1 Å². The van der Waals surface area contributed by atoms with E-state index in [1.165, 1.54) is 12.1 Å². The summed E-state index contributed by atoms with van der Waals surface area (Å²) in [4.78, 5) is 10.3. The summed E-state index contributed by atoms with van der Waals surface area (Å²) >= 11 is 0. The number of nitro groups is 1. The number of non-ortho nitro benzene ring substituents is 1. The van der Waals surface area contributed by atoms with Crippen molar-refractivity contribution < 1.29 is 9.66 Å².